The summed E-state index contributed by atoms with van der Waals surface area (Å²) in [6.45, 7) is 9.24. The van der Waals surface area contributed by atoms with Crippen molar-refractivity contribution >= 4 is 27.5 Å². The minimum Gasteiger partial charge on any atom is -0.369 e. The zero-order chi connectivity index (χ0) is 29.5. The van der Waals surface area contributed by atoms with Crippen LogP contribution in [0.2, 0.25) is 0 Å². The lowest BCUT2D eigenvalue weighted by Crippen LogP contribution is -2.40. The number of nitrogens with zero attached hydrogens (tertiary/aromatic N) is 2. The van der Waals surface area contributed by atoms with Crippen molar-refractivity contribution in [2.75, 3.05) is 23.7 Å². The molecular weight excluding hydrogens is 547 g/mol. The Hall–Kier alpha value is -3.57. The van der Waals surface area contributed by atoms with E-state index in [0.29, 0.717) is 11.1 Å². The molecule has 1 unspecified atom stereocenters. The molecule has 41 heavy (non-hydrogen) atoms. The molecule has 0 aliphatic carbocycles. The van der Waals surface area contributed by atoms with Crippen molar-refractivity contribution in [1.29, 1.82) is 5.26 Å². The summed E-state index contributed by atoms with van der Waals surface area (Å²) in [5.41, 5.74) is 3.70. The van der Waals surface area contributed by atoms with Crippen LogP contribution in [0.5, 0.6) is 0 Å². The van der Waals surface area contributed by atoms with E-state index in [-0.39, 0.29) is 10.8 Å². The number of nitriles is 1. The number of thioether (sulfide) groups is 1. The molecule has 1 N–H and O–H groups in total. The maximum Gasteiger partial charge on any atom is 0.241 e. The second-order valence-electron chi connectivity index (χ2n) is 11.1. The smallest absolute Gasteiger partial charge is 0.241 e. The van der Waals surface area contributed by atoms with Crippen molar-refractivity contribution in [2.24, 2.45) is 0 Å². The molecule has 0 amide bonds. The third-order valence-corrected chi connectivity index (χ3v) is 9.45. The van der Waals surface area contributed by atoms with Crippen LogP contribution in [-0.4, -0.2) is 32.8 Å². The van der Waals surface area contributed by atoms with E-state index >= 15 is 0 Å². The number of hydrogen-bond acceptors (Lipinski definition) is 5. The van der Waals surface area contributed by atoms with E-state index in [0.717, 1.165) is 35.7 Å². The largest absolute Gasteiger partial charge is 0.369 e. The Balaban J connectivity index is 1.55. The minimum absolute atomic E-state index is 0.180. The molecule has 212 valence electrons. The molecule has 7 heteroatoms. The van der Waals surface area contributed by atoms with Crippen molar-refractivity contribution < 1.29 is 8.42 Å². The van der Waals surface area contributed by atoms with Crippen LogP contribution in [0, 0.1) is 11.3 Å². The van der Waals surface area contributed by atoms with E-state index in [9.17, 15) is 13.7 Å². The van der Waals surface area contributed by atoms with Gasteiger partial charge in [0.15, 0.2) is 0 Å². The fourth-order valence-corrected chi connectivity index (χ4v) is 7.32. The first-order valence-electron chi connectivity index (χ1n) is 13.7. The molecule has 0 aliphatic heterocycles. The highest BCUT2D eigenvalue weighted by molar-refractivity contribution is 7.99. The van der Waals surface area contributed by atoms with Gasteiger partial charge in [0, 0.05) is 34.8 Å². The minimum atomic E-state index is -3.69. The predicted octanol–water partition coefficient (Wildman–Crippen LogP) is 7.70. The number of rotatable bonds is 11. The molecule has 0 spiro atoms. The number of nitrogens with one attached hydrogen (secondary N) is 1. The quantitative estimate of drug-likeness (QED) is 0.183. The molecule has 0 radical (unpaired) electrons. The van der Waals surface area contributed by atoms with Gasteiger partial charge in [0.05, 0.1) is 16.1 Å². The van der Waals surface area contributed by atoms with Gasteiger partial charge in [0.2, 0.25) is 10.0 Å². The highest BCUT2D eigenvalue weighted by atomic mass is 32.2. The molecular formula is C34H37N3O2S2. The topological polar surface area (TPSA) is 73.2 Å². The molecule has 0 heterocycles. The molecule has 0 aromatic heterocycles. The van der Waals surface area contributed by atoms with Crippen LogP contribution < -0.4 is 9.62 Å². The third kappa shape index (κ3) is 8.23. The molecule has 1 atom stereocenters. The average molecular weight is 584 g/mol. The highest BCUT2D eigenvalue weighted by Gasteiger charge is 2.25. The zero-order valence-corrected chi connectivity index (χ0v) is 25.7. The Bertz CT molecular complexity index is 1590. The van der Waals surface area contributed by atoms with Gasteiger partial charge >= 0.3 is 0 Å². The first-order valence-corrected chi connectivity index (χ1v) is 16.2. The Morgan fingerprint density at radius 2 is 1.51 bits per heavy atom. The van der Waals surface area contributed by atoms with Crippen LogP contribution in [0.15, 0.2) is 113 Å². The lowest BCUT2D eigenvalue weighted by Gasteiger charge is -2.29. The first kappa shape index (κ1) is 30.4. The van der Waals surface area contributed by atoms with Gasteiger partial charge in [-0.25, -0.2) is 13.1 Å². The van der Waals surface area contributed by atoms with Gasteiger partial charge in [0.25, 0.3) is 0 Å². The van der Waals surface area contributed by atoms with Crippen molar-refractivity contribution in [1.82, 2.24) is 4.72 Å². The predicted molar refractivity (Wildman–Crippen MR) is 171 cm³/mol. The van der Waals surface area contributed by atoms with Gasteiger partial charge in [-0.05, 0) is 68.1 Å². The molecule has 0 bridgehead atoms. The van der Waals surface area contributed by atoms with Crippen LogP contribution in [0.25, 0.3) is 11.1 Å². The number of para-hydroxylation sites is 1. The van der Waals surface area contributed by atoms with Crippen molar-refractivity contribution in [3.05, 3.63) is 114 Å². The SMILES string of the molecule is CC(CN(CCSc1ccccc1)c1ccccc1C#N)c1ccc(-c2ccccc2S(=O)(=O)NC(C)(C)C)cc1. The van der Waals surface area contributed by atoms with E-state index in [4.69, 9.17) is 0 Å². The van der Waals surface area contributed by atoms with Gasteiger partial charge in [-0.2, -0.15) is 5.26 Å². The summed E-state index contributed by atoms with van der Waals surface area (Å²) in [6.07, 6.45) is 0. The summed E-state index contributed by atoms with van der Waals surface area (Å²) in [7, 11) is -3.69. The second-order valence-corrected chi connectivity index (χ2v) is 13.9. The normalized spacial score (nSPS) is 12.5. The standard InChI is InChI=1S/C34H37N3O2S2/c1-26(25-37(32-16-10-8-12-29(32)24-35)22-23-40-30-13-6-5-7-14-30)27-18-20-28(21-19-27)31-15-9-11-17-33(31)41(38,39)36-34(2,3)4/h5-21,26,36H,22-23,25H2,1-4H3. The number of anilines is 1. The van der Waals surface area contributed by atoms with E-state index in [1.165, 1.54) is 4.90 Å². The third-order valence-electron chi connectivity index (χ3n) is 6.64. The molecule has 5 nitrogen and oxygen atoms in total. The maximum absolute atomic E-state index is 13.2. The summed E-state index contributed by atoms with van der Waals surface area (Å²) in [5.74, 6) is 1.07. The lowest BCUT2D eigenvalue weighted by atomic mass is 9.96. The summed E-state index contributed by atoms with van der Waals surface area (Å²) >= 11 is 1.81. The molecule has 0 saturated heterocycles. The van der Waals surface area contributed by atoms with Crippen LogP contribution >= 0.6 is 11.8 Å². The monoisotopic (exact) mass is 583 g/mol. The molecule has 4 rings (SSSR count). The van der Waals surface area contributed by atoms with Gasteiger partial charge < -0.3 is 4.90 Å². The summed E-state index contributed by atoms with van der Waals surface area (Å²) < 4.78 is 29.1. The van der Waals surface area contributed by atoms with Crippen molar-refractivity contribution in [2.45, 2.75) is 48.9 Å². The van der Waals surface area contributed by atoms with Crippen LogP contribution in [-0.2, 0) is 10.0 Å². The molecule has 4 aromatic carbocycles. The van der Waals surface area contributed by atoms with Gasteiger partial charge in [-0.1, -0.05) is 79.7 Å². The van der Waals surface area contributed by atoms with Crippen LogP contribution in [0.3, 0.4) is 0 Å². The average Bonchev–Trinajstić information content (AvgIpc) is 2.96. The first-order chi connectivity index (χ1) is 19.6. The van der Waals surface area contributed by atoms with Crippen LogP contribution in [0.4, 0.5) is 5.69 Å². The fraction of sp³-hybridized carbons (Fsp3) is 0.265. The number of hydrogen-bond donors (Lipinski definition) is 1. The van der Waals surface area contributed by atoms with E-state index in [1.54, 1.807) is 12.1 Å². The molecule has 4 aromatic rings. The van der Waals surface area contributed by atoms with Gasteiger partial charge in [-0.15, -0.1) is 11.8 Å². The van der Waals surface area contributed by atoms with Crippen molar-refractivity contribution in [3.8, 4) is 17.2 Å². The molecule has 0 saturated carbocycles. The summed E-state index contributed by atoms with van der Waals surface area (Å²) in [4.78, 5) is 3.79. The Labute approximate surface area is 249 Å². The summed E-state index contributed by atoms with van der Waals surface area (Å²) in [6, 6.07) is 35.7. The molecule has 0 fully saturated rings. The fourth-order valence-electron chi connectivity index (χ4n) is 4.77. The number of sulfonamides is 1. The van der Waals surface area contributed by atoms with E-state index in [2.05, 4.69) is 46.9 Å². The van der Waals surface area contributed by atoms with E-state index < -0.39 is 15.6 Å². The Morgan fingerprint density at radius 3 is 2.20 bits per heavy atom. The lowest BCUT2D eigenvalue weighted by molar-refractivity contribution is 0.491. The number of benzene rings is 4. The summed E-state index contributed by atoms with van der Waals surface area (Å²) in [5, 5.41) is 9.77. The van der Waals surface area contributed by atoms with Crippen LogP contribution in [0.1, 0.15) is 44.7 Å². The molecule has 0 aliphatic rings. The Morgan fingerprint density at radius 1 is 0.878 bits per heavy atom. The van der Waals surface area contributed by atoms with E-state index in [1.807, 2.05) is 99.3 Å². The van der Waals surface area contributed by atoms with Gasteiger partial charge in [0.1, 0.15) is 6.07 Å². The van der Waals surface area contributed by atoms with Gasteiger partial charge in [-0.3, -0.25) is 0 Å². The zero-order valence-electron chi connectivity index (χ0n) is 24.0. The Kier molecular flexibility index (Phi) is 9.93. The maximum atomic E-state index is 13.2. The highest BCUT2D eigenvalue weighted by Crippen LogP contribution is 2.31. The van der Waals surface area contributed by atoms with Crippen molar-refractivity contribution in [3.63, 3.8) is 0 Å². The second kappa shape index (κ2) is 13.4.